The van der Waals surface area contributed by atoms with E-state index >= 15 is 0 Å². The van der Waals surface area contributed by atoms with Crippen molar-refractivity contribution < 1.29 is 0 Å². The molecule has 0 aliphatic carbocycles. The van der Waals surface area contributed by atoms with Crippen molar-refractivity contribution in [3.8, 4) is 0 Å². The van der Waals surface area contributed by atoms with Gasteiger partial charge in [-0.3, -0.25) is 0 Å². The van der Waals surface area contributed by atoms with Crippen molar-refractivity contribution in [3.63, 3.8) is 0 Å². The highest BCUT2D eigenvalue weighted by Crippen LogP contribution is 2.14. The van der Waals surface area contributed by atoms with Crippen LogP contribution in [0.5, 0.6) is 0 Å². The Balaban J connectivity index is 0. The summed E-state index contributed by atoms with van der Waals surface area (Å²) in [6.45, 7) is 5.45. The zero-order valence-electron chi connectivity index (χ0n) is 10.6. The van der Waals surface area contributed by atoms with Crippen LogP contribution < -0.4 is 5.73 Å². The van der Waals surface area contributed by atoms with Gasteiger partial charge >= 0.3 is 0 Å². The first-order valence-electron chi connectivity index (χ1n) is 6.51. The Labute approximate surface area is 114 Å². The second-order valence-corrected chi connectivity index (χ2v) is 4.59. The van der Waals surface area contributed by atoms with Crippen LogP contribution in [0.3, 0.4) is 0 Å². The second-order valence-electron chi connectivity index (χ2n) is 4.59. The maximum atomic E-state index is 5.51. The molecule has 0 aromatic rings. The molecule has 0 fully saturated rings. The zero-order valence-corrected chi connectivity index (χ0v) is 13.0. The van der Waals surface area contributed by atoms with E-state index in [0.717, 1.165) is 12.5 Å². The van der Waals surface area contributed by atoms with Gasteiger partial charge in [0.1, 0.15) is 0 Å². The molecule has 15 heavy (non-hydrogen) atoms. The molecule has 1 nitrogen and oxygen atoms in total. The fourth-order valence-electron chi connectivity index (χ4n) is 1.88. The summed E-state index contributed by atoms with van der Waals surface area (Å²) < 4.78 is 0. The van der Waals surface area contributed by atoms with Gasteiger partial charge in [0.2, 0.25) is 0 Å². The van der Waals surface area contributed by atoms with Crippen molar-refractivity contribution in [3.05, 3.63) is 0 Å². The fourth-order valence-corrected chi connectivity index (χ4v) is 1.88. The van der Waals surface area contributed by atoms with E-state index in [9.17, 15) is 0 Å². The largest absolute Gasteiger partial charge is 0.330 e. The first kappa shape index (κ1) is 18.1. The Morgan fingerprint density at radius 3 is 1.93 bits per heavy atom. The summed E-state index contributed by atoms with van der Waals surface area (Å²) in [5.41, 5.74) is 5.51. The average molecular weight is 327 g/mol. The lowest BCUT2D eigenvalue weighted by Crippen LogP contribution is -2.05. The minimum Gasteiger partial charge on any atom is -0.330 e. The molecular weight excluding hydrogens is 297 g/mol. The van der Waals surface area contributed by atoms with Gasteiger partial charge < -0.3 is 5.73 Å². The van der Waals surface area contributed by atoms with Crippen LogP contribution in [0.4, 0.5) is 0 Å². The molecule has 0 aromatic heterocycles. The molecule has 2 N–H and O–H groups in total. The minimum atomic E-state index is 0. The molecule has 0 aromatic carbocycles. The number of rotatable bonds is 10. The standard InChI is InChI=1S/C13H29N.HI/c1-3-4-5-6-7-8-9-10-13(2)11-12-14;/h13H,3-12,14H2,1-2H3;1H. The molecule has 0 radical (unpaired) electrons. The van der Waals surface area contributed by atoms with Crippen LogP contribution in [0.1, 0.15) is 71.6 Å². The number of hydrogen-bond donors (Lipinski definition) is 1. The molecule has 0 bridgehead atoms. The third kappa shape index (κ3) is 14.7. The predicted molar refractivity (Wildman–Crippen MR) is 80.9 cm³/mol. The smallest absolute Gasteiger partial charge is 0.00747 e. The summed E-state index contributed by atoms with van der Waals surface area (Å²) in [5, 5.41) is 0. The van der Waals surface area contributed by atoms with Gasteiger partial charge in [-0.1, -0.05) is 65.2 Å². The Morgan fingerprint density at radius 1 is 0.867 bits per heavy atom. The summed E-state index contributed by atoms with van der Waals surface area (Å²) >= 11 is 0. The van der Waals surface area contributed by atoms with Gasteiger partial charge in [0.25, 0.3) is 0 Å². The van der Waals surface area contributed by atoms with Crippen LogP contribution in [0.2, 0.25) is 0 Å². The van der Waals surface area contributed by atoms with E-state index in [2.05, 4.69) is 13.8 Å². The van der Waals surface area contributed by atoms with Crippen LogP contribution in [0.15, 0.2) is 0 Å². The third-order valence-corrected chi connectivity index (χ3v) is 2.96. The van der Waals surface area contributed by atoms with Crippen molar-refractivity contribution in [1.82, 2.24) is 0 Å². The monoisotopic (exact) mass is 327 g/mol. The fraction of sp³-hybridized carbons (Fsp3) is 1.00. The Hall–Kier alpha value is 0.690. The van der Waals surface area contributed by atoms with Gasteiger partial charge in [-0.25, -0.2) is 0 Å². The highest BCUT2D eigenvalue weighted by molar-refractivity contribution is 14.0. The first-order chi connectivity index (χ1) is 6.81. The maximum absolute atomic E-state index is 5.51. The lowest BCUT2D eigenvalue weighted by Gasteiger charge is -2.08. The number of hydrogen-bond acceptors (Lipinski definition) is 1. The maximum Gasteiger partial charge on any atom is -0.00747 e. The van der Waals surface area contributed by atoms with E-state index in [1.165, 1.54) is 57.8 Å². The molecule has 0 saturated heterocycles. The highest BCUT2D eigenvalue weighted by atomic mass is 127. The van der Waals surface area contributed by atoms with E-state index in [1.54, 1.807) is 0 Å². The SMILES string of the molecule is CCCCCCCCCC(C)CCN.I. The van der Waals surface area contributed by atoms with E-state index in [1.807, 2.05) is 0 Å². The van der Waals surface area contributed by atoms with E-state index in [-0.39, 0.29) is 24.0 Å². The normalized spacial score (nSPS) is 12.2. The molecule has 0 spiro atoms. The molecule has 2 heteroatoms. The molecule has 0 heterocycles. The average Bonchev–Trinajstić information content (AvgIpc) is 2.17. The second kappa shape index (κ2) is 14.7. The molecule has 0 aliphatic rings. The predicted octanol–water partition coefficient (Wildman–Crippen LogP) is 4.73. The minimum absolute atomic E-state index is 0. The Bertz CT molecular complexity index is 107. The molecule has 1 unspecified atom stereocenters. The number of halogens is 1. The van der Waals surface area contributed by atoms with Gasteiger partial charge in [0, 0.05) is 0 Å². The van der Waals surface area contributed by atoms with Crippen LogP contribution in [0, 0.1) is 5.92 Å². The van der Waals surface area contributed by atoms with Crippen LogP contribution in [0.25, 0.3) is 0 Å². The van der Waals surface area contributed by atoms with E-state index < -0.39 is 0 Å². The first-order valence-corrected chi connectivity index (χ1v) is 6.51. The van der Waals surface area contributed by atoms with Crippen LogP contribution >= 0.6 is 24.0 Å². The van der Waals surface area contributed by atoms with Gasteiger partial charge in [-0.05, 0) is 18.9 Å². The van der Waals surface area contributed by atoms with E-state index in [4.69, 9.17) is 5.73 Å². The van der Waals surface area contributed by atoms with Crippen LogP contribution in [-0.2, 0) is 0 Å². The Morgan fingerprint density at radius 2 is 1.40 bits per heavy atom. The van der Waals surface area contributed by atoms with Crippen molar-refractivity contribution in [2.45, 2.75) is 71.6 Å². The van der Waals surface area contributed by atoms with Gasteiger partial charge in [0.05, 0.1) is 0 Å². The summed E-state index contributed by atoms with van der Waals surface area (Å²) in [5.74, 6) is 0.843. The summed E-state index contributed by atoms with van der Waals surface area (Å²) in [6, 6.07) is 0. The van der Waals surface area contributed by atoms with Gasteiger partial charge in [-0.2, -0.15) is 0 Å². The molecule has 1 atom stereocenters. The molecule has 0 amide bonds. The lowest BCUT2D eigenvalue weighted by molar-refractivity contribution is 0.460. The molecule has 94 valence electrons. The van der Waals surface area contributed by atoms with Gasteiger partial charge in [0.15, 0.2) is 0 Å². The molecule has 0 aliphatic heterocycles. The summed E-state index contributed by atoms with van der Waals surface area (Å²) in [6.07, 6.45) is 12.5. The summed E-state index contributed by atoms with van der Waals surface area (Å²) in [7, 11) is 0. The molecular formula is C13H30IN. The van der Waals surface area contributed by atoms with Crippen molar-refractivity contribution in [2.75, 3.05) is 6.54 Å². The topological polar surface area (TPSA) is 26.0 Å². The van der Waals surface area contributed by atoms with Crippen molar-refractivity contribution in [2.24, 2.45) is 11.7 Å². The summed E-state index contributed by atoms with van der Waals surface area (Å²) in [4.78, 5) is 0. The third-order valence-electron chi connectivity index (χ3n) is 2.96. The number of unbranched alkanes of at least 4 members (excludes halogenated alkanes) is 6. The number of nitrogens with two attached hydrogens (primary N) is 1. The highest BCUT2D eigenvalue weighted by Gasteiger charge is 1.99. The van der Waals surface area contributed by atoms with Crippen molar-refractivity contribution >= 4 is 24.0 Å². The zero-order chi connectivity index (χ0) is 10.6. The van der Waals surface area contributed by atoms with E-state index in [0.29, 0.717) is 0 Å². The van der Waals surface area contributed by atoms with Gasteiger partial charge in [-0.15, -0.1) is 24.0 Å². The molecule has 0 saturated carbocycles. The Kier molecular flexibility index (Phi) is 17.7. The van der Waals surface area contributed by atoms with Crippen LogP contribution in [-0.4, -0.2) is 6.54 Å². The van der Waals surface area contributed by atoms with Crippen molar-refractivity contribution in [1.29, 1.82) is 0 Å². The quantitative estimate of drug-likeness (QED) is 0.455. The lowest BCUT2D eigenvalue weighted by atomic mass is 9.99. The molecule has 0 rings (SSSR count).